The molecule has 0 amide bonds. The van der Waals surface area contributed by atoms with Crippen molar-refractivity contribution >= 4 is 43.6 Å². The average molecular weight is 649 g/mol. The normalized spacial score (nSPS) is 13.3. The molecule has 1 aliphatic carbocycles. The van der Waals surface area contributed by atoms with Gasteiger partial charge in [0.2, 0.25) is 0 Å². The Labute approximate surface area is 296 Å². The fourth-order valence-corrected chi connectivity index (χ4v) is 9.14. The third-order valence-corrected chi connectivity index (χ3v) is 11.2. The first-order valence-electron chi connectivity index (χ1n) is 17.7. The summed E-state index contributed by atoms with van der Waals surface area (Å²) in [4.78, 5) is 0. The fourth-order valence-electron chi connectivity index (χ4n) is 9.14. The van der Waals surface area contributed by atoms with Gasteiger partial charge < -0.3 is 9.13 Å². The third kappa shape index (κ3) is 3.82. The van der Waals surface area contributed by atoms with Crippen molar-refractivity contribution in [1.29, 1.82) is 0 Å². The van der Waals surface area contributed by atoms with Crippen molar-refractivity contribution in [3.8, 4) is 22.5 Å². The lowest BCUT2D eigenvalue weighted by atomic mass is 9.67. The first-order chi connectivity index (χ1) is 25.3. The third-order valence-electron chi connectivity index (χ3n) is 11.2. The molecule has 0 bridgehead atoms. The van der Waals surface area contributed by atoms with E-state index in [1.807, 2.05) is 0 Å². The molecule has 0 saturated carbocycles. The molecule has 2 aromatic heterocycles. The van der Waals surface area contributed by atoms with Gasteiger partial charge in [0, 0.05) is 32.9 Å². The molecule has 0 fully saturated rings. The van der Waals surface area contributed by atoms with Gasteiger partial charge in [0.15, 0.2) is 0 Å². The minimum Gasteiger partial charge on any atom is -0.309 e. The van der Waals surface area contributed by atoms with Crippen LogP contribution in [-0.4, -0.2) is 9.13 Å². The Balaban J connectivity index is 1.25. The van der Waals surface area contributed by atoms with Gasteiger partial charge in [-0.25, -0.2) is 0 Å². The molecule has 8 aromatic carbocycles. The summed E-state index contributed by atoms with van der Waals surface area (Å²) in [7, 11) is 0. The van der Waals surface area contributed by atoms with Gasteiger partial charge in [-0.15, -0.1) is 0 Å². The van der Waals surface area contributed by atoms with Crippen molar-refractivity contribution in [1.82, 2.24) is 9.13 Å². The molecule has 238 valence electrons. The maximum atomic E-state index is 2.47. The van der Waals surface area contributed by atoms with E-state index in [0.29, 0.717) is 0 Å². The monoisotopic (exact) mass is 648 g/mol. The van der Waals surface area contributed by atoms with Gasteiger partial charge in [-0.05, 0) is 81.9 Å². The molecule has 0 N–H and O–H groups in total. The van der Waals surface area contributed by atoms with Crippen LogP contribution in [0, 0.1) is 0 Å². The highest BCUT2D eigenvalue weighted by Crippen LogP contribution is 2.57. The molecule has 2 nitrogen and oxygen atoms in total. The van der Waals surface area contributed by atoms with Crippen molar-refractivity contribution in [2.75, 3.05) is 0 Å². The van der Waals surface area contributed by atoms with Gasteiger partial charge in [0.1, 0.15) is 0 Å². The van der Waals surface area contributed by atoms with Crippen molar-refractivity contribution in [3.63, 3.8) is 0 Å². The van der Waals surface area contributed by atoms with Crippen LogP contribution in [0.5, 0.6) is 0 Å². The fraction of sp³-hybridized carbons (Fsp3) is 0.0204. The van der Waals surface area contributed by atoms with E-state index < -0.39 is 5.41 Å². The van der Waals surface area contributed by atoms with Gasteiger partial charge in [0.25, 0.3) is 0 Å². The molecule has 0 atom stereocenters. The van der Waals surface area contributed by atoms with E-state index in [9.17, 15) is 0 Å². The number of hydrogen-bond donors (Lipinski definition) is 0. The zero-order valence-corrected chi connectivity index (χ0v) is 27.9. The van der Waals surface area contributed by atoms with Crippen LogP contribution in [0.15, 0.2) is 194 Å². The number of fused-ring (bicyclic) bond motifs is 9. The first-order valence-corrected chi connectivity index (χ1v) is 17.7. The zero-order chi connectivity index (χ0) is 33.5. The Morgan fingerprint density at radius 1 is 0.294 bits per heavy atom. The summed E-state index contributed by atoms with van der Waals surface area (Å²) in [5.74, 6) is 0. The average Bonchev–Trinajstić information content (AvgIpc) is 3.82. The first kappa shape index (κ1) is 28.2. The molecule has 0 unspecified atom stereocenters. The van der Waals surface area contributed by atoms with E-state index in [4.69, 9.17) is 0 Å². The molecule has 11 rings (SSSR count). The molecule has 0 spiro atoms. The minimum atomic E-state index is -0.545. The highest BCUT2D eigenvalue weighted by molar-refractivity contribution is 6.10. The van der Waals surface area contributed by atoms with Crippen LogP contribution in [0.3, 0.4) is 0 Å². The number of aromatic nitrogens is 2. The van der Waals surface area contributed by atoms with Crippen LogP contribution in [0.2, 0.25) is 0 Å². The predicted molar refractivity (Wildman–Crippen MR) is 212 cm³/mol. The quantitative estimate of drug-likeness (QED) is 0.180. The predicted octanol–water partition coefficient (Wildman–Crippen LogP) is 12.2. The van der Waals surface area contributed by atoms with Crippen LogP contribution in [0.4, 0.5) is 0 Å². The van der Waals surface area contributed by atoms with Gasteiger partial charge in [-0.1, -0.05) is 146 Å². The van der Waals surface area contributed by atoms with Crippen molar-refractivity contribution in [3.05, 3.63) is 216 Å². The van der Waals surface area contributed by atoms with E-state index >= 15 is 0 Å². The number of nitrogens with zero attached hydrogens (tertiary/aromatic N) is 2. The summed E-state index contributed by atoms with van der Waals surface area (Å²) < 4.78 is 4.89. The maximum absolute atomic E-state index is 2.47. The molecule has 2 heterocycles. The lowest BCUT2D eigenvalue weighted by molar-refractivity contribution is 0.766. The van der Waals surface area contributed by atoms with E-state index in [1.165, 1.54) is 77.0 Å². The zero-order valence-electron chi connectivity index (χ0n) is 27.9. The van der Waals surface area contributed by atoms with Crippen LogP contribution < -0.4 is 0 Å². The summed E-state index contributed by atoms with van der Waals surface area (Å²) in [5.41, 5.74) is 14.3. The number of para-hydroxylation sites is 4. The molecule has 51 heavy (non-hydrogen) atoms. The number of benzene rings is 8. The Kier molecular flexibility index (Phi) is 5.91. The van der Waals surface area contributed by atoms with Crippen LogP contribution in [0.25, 0.3) is 66.1 Å². The lowest BCUT2D eigenvalue weighted by Crippen LogP contribution is -2.28. The summed E-state index contributed by atoms with van der Waals surface area (Å²) in [6.07, 6.45) is 0. The molecular weight excluding hydrogens is 617 g/mol. The molecule has 0 saturated heterocycles. The topological polar surface area (TPSA) is 9.86 Å². The van der Waals surface area contributed by atoms with Gasteiger partial charge in [0.05, 0.1) is 27.5 Å². The van der Waals surface area contributed by atoms with Crippen molar-refractivity contribution < 1.29 is 0 Å². The van der Waals surface area contributed by atoms with Gasteiger partial charge >= 0.3 is 0 Å². The SMILES string of the molecule is c1ccc(C2(c3ccccc3)c3cc(-n4c5ccccc5c5ccccc54)ccc3-c3ccc(-n4c5ccccc5c5ccccc54)cc32)cc1. The second kappa shape index (κ2) is 10.7. The van der Waals surface area contributed by atoms with Gasteiger partial charge in [-0.3, -0.25) is 0 Å². The van der Waals surface area contributed by atoms with E-state index in [2.05, 4.69) is 203 Å². The summed E-state index contributed by atoms with van der Waals surface area (Å²) in [6, 6.07) is 71.6. The molecular formula is C49H32N2. The molecule has 10 aromatic rings. The van der Waals surface area contributed by atoms with E-state index in [0.717, 1.165) is 11.4 Å². The number of hydrogen-bond acceptors (Lipinski definition) is 0. The maximum Gasteiger partial charge on any atom is 0.0715 e. The molecule has 1 aliphatic rings. The van der Waals surface area contributed by atoms with Crippen LogP contribution >= 0.6 is 0 Å². The van der Waals surface area contributed by atoms with Crippen LogP contribution in [-0.2, 0) is 5.41 Å². The Bertz CT molecular complexity index is 2650. The summed E-state index contributed by atoms with van der Waals surface area (Å²) >= 11 is 0. The van der Waals surface area contributed by atoms with Crippen LogP contribution in [0.1, 0.15) is 22.3 Å². The Morgan fingerprint density at radius 3 is 0.961 bits per heavy atom. The smallest absolute Gasteiger partial charge is 0.0715 e. The molecule has 2 heteroatoms. The molecule has 0 radical (unpaired) electrons. The lowest BCUT2D eigenvalue weighted by Gasteiger charge is -2.34. The second-order valence-corrected chi connectivity index (χ2v) is 13.7. The highest BCUT2D eigenvalue weighted by Gasteiger charge is 2.46. The Morgan fingerprint density at radius 2 is 0.608 bits per heavy atom. The molecule has 0 aliphatic heterocycles. The van der Waals surface area contributed by atoms with Crippen molar-refractivity contribution in [2.45, 2.75) is 5.41 Å². The van der Waals surface area contributed by atoms with E-state index in [1.54, 1.807) is 0 Å². The Hall–Kier alpha value is -6.64. The number of rotatable bonds is 4. The van der Waals surface area contributed by atoms with Crippen molar-refractivity contribution in [2.24, 2.45) is 0 Å². The standard InChI is InChI=1S/C49H32N2/c1-3-15-33(16-4-1)49(34-17-5-2-6-18-34)43-31-35(50-45-23-11-7-19-39(45)40-20-8-12-24-46(40)50)27-29-37(43)38-30-28-36(32-44(38)49)51-47-25-13-9-21-41(47)42-22-10-14-26-48(42)51/h1-32H. The highest BCUT2D eigenvalue weighted by atomic mass is 15.0. The van der Waals surface area contributed by atoms with Gasteiger partial charge in [-0.2, -0.15) is 0 Å². The largest absolute Gasteiger partial charge is 0.309 e. The minimum absolute atomic E-state index is 0.545. The second-order valence-electron chi connectivity index (χ2n) is 13.7. The summed E-state index contributed by atoms with van der Waals surface area (Å²) in [5, 5.41) is 5.07. The summed E-state index contributed by atoms with van der Waals surface area (Å²) in [6.45, 7) is 0. The van der Waals surface area contributed by atoms with E-state index in [-0.39, 0.29) is 0 Å².